The molecule has 0 radical (unpaired) electrons. The average Bonchev–Trinajstić information content (AvgIpc) is 3.24. The standard InChI is InChI=1S/C15H22N2O3S/c18-8-2-5-11-4-1-7-17(11)15(19)13-10-16-14(21-13)12-6-3-9-20-12/h10-12,18H,1-9H2. The molecule has 5 nitrogen and oxygen atoms in total. The highest BCUT2D eigenvalue weighted by molar-refractivity contribution is 7.13. The van der Waals surface area contributed by atoms with Gasteiger partial charge in [-0.15, -0.1) is 11.3 Å². The van der Waals surface area contributed by atoms with Crippen molar-refractivity contribution in [3.8, 4) is 0 Å². The van der Waals surface area contributed by atoms with Gasteiger partial charge in [0.25, 0.3) is 5.91 Å². The van der Waals surface area contributed by atoms with Gasteiger partial charge < -0.3 is 14.7 Å². The molecule has 0 saturated carbocycles. The molecule has 21 heavy (non-hydrogen) atoms. The smallest absolute Gasteiger partial charge is 0.265 e. The van der Waals surface area contributed by atoms with Crippen LogP contribution in [0.4, 0.5) is 0 Å². The Morgan fingerprint density at radius 1 is 1.48 bits per heavy atom. The summed E-state index contributed by atoms with van der Waals surface area (Å²) in [5.74, 6) is 0.0946. The highest BCUT2D eigenvalue weighted by Crippen LogP contribution is 2.32. The van der Waals surface area contributed by atoms with Crippen molar-refractivity contribution in [3.63, 3.8) is 0 Å². The Morgan fingerprint density at radius 3 is 3.14 bits per heavy atom. The first-order valence-corrected chi connectivity index (χ1v) is 8.60. The molecule has 2 atom stereocenters. The number of carbonyl (C=O) groups is 1. The number of aliphatic hydroxyl groups is 1. The van der Waals surface area contributed by atoms with E-state index in [0.717, 1.165) is 61.6 Å². The van der Waals surface area contributed by atoms with E-state index in [1.54, 1.807) is 6.20 Å². The molecule has 3 rings (SSSR count). The van der Waals surface area contributed by atoms with E-state index in [2.05, 4.69) is 4.98 Å². The zero-order valence-corrected chi connectivity index (χ0v) is 13.0. The molecule has 3 heterocycles. The number of likely N-dealkylation sites (tertiary alicyclic amines) is 1. The Hall–Kier alpha value is -0.980. The lowest BCUT2D eigenvalue weighted by Crippen LogP contribution is -2.35. The van der Waals surface area contributed by atoms with Crippen LogP contribution in [0.2, 0.25) is 0 Å². The molecular weight excluding hydrogens is 288 g/mol. The van der Waals surface area contributed by atoms with Gasteiger partial charge in [0.2, 0.25) is 0 Å². The summed E-state index contributed by atoms with van der Waals surface area (Å²) in [4.78, 5) is 19.7. The summed E-state index contributed by atoms with van der Waals surface area (Å²) in [5, 5.41) is 9.90. The minimum absolute atomic E-state index is 0.0836. The highest BCUT2D eigenvalue weighted by Gasteiger charge is 2.31. The number of hydrogen-bond donors (Lipinski definition) is 1. The maximum Gasteiger partial charge on any atom is 0.265 e. The van der Waals surface area contributed by atoms with E-state index in [1.165, 1.54) is 11.3 Å². The summed E-state index contributed by atoms with van der Waals surface area (Å²) in [6.07, 6.45) is 7.61. The number of aromatic nitrogens is 1. The molecule has 0 spiro atoms. The van der Waals surface area contributed by atoms with Crippen LogP contribution in [0, 0.1) is 0 Å². The first-order chi connectivity index (χ1) is 10.3. The fraction of sp³-hybridized carbons (Fsp3) is 0.733. The average molecular weight is 310 g/mol. The first kappa shape index (κ1) is 14.9. The van der Waals surface area contributed by atoms with Crippen LogP contribution in [-0.4, -0.2) is 46.7 Å². The number of aliphatic hydroxyl groups excluding tert-OH is 1. The van der Waals surface area contributed by atoms with Gasteiger partial charge in [0.1, 0.15) is 16.0 Å². The number of ether oxygens (including phenoxy) is 1. The molecule has 2 saturated heterocycles. The molecule has 2 aliphatic rings. The van der Waals surface area contributed by atoms with E-state index in [0.29, 0.717) is 0 Å². The predicted molar refractivity (Wildman–Crippen MR) is 80.4 cm³/mol. The van der Waals surface area contributed by atoms with Crippen LogP contribution >= 0.6 is 11.3 Å². The lowest BCUT2D eigenvalue weighted by molar-refractivity contribution is 0.0729. The van der Waals surface area contributed by atoms with Crippen molar-refractivity contribution in [2.45, 2.75) is 50.7 Å². The number of nitrogens with zero attached hydrogens (tertiary/aromatic N) is 2. The molecular formula is C15H22N2O3S. The number of hydrogen-bond acceptors (Lipinski definition) is 5. The van der Waals surface area contributed by atoms with Crippen LogP contribution < -0.4 is 0 Å². The monoisotopic (exact) mass is 310 g/mol. The fourth-order valence-corrected chi connectivity index (χ4v) is 4.14. The number of thiazole rings is 1. The van der Waals surface area contributed by atoms with Crippen molar-refractivity contribution in [3.05, 3.63) is 16.1 Å². The third-order valence-corrected chi connectivity index (χ3v) is 5.35. The minimum Gasteiger partial charge on any atom is -0.396 e. The summed E-state index contributed by atoms with van der Waals surface area (Å²) in [6, 6.07) is 0.276. The molecule has 0 bridgehead atoms. The fourth-order valence-electron chi connectivity index (χ4n) is 3.18. The second-order valence-corrected chi connectivity index (χ2v) is 6.79. The minimum atomic E-state index is 0.0836. The van der Waals surface area contributed by atoms with E-state index < -0.39 is 0 Å². The van der Waals surface area contributed by atoms with Gasteiger partial charge in [-0.1, -0.05) is 0 Å². The molecule has 0 aliphatic carbocycles. The molecule has 1 aromatic rings. The van der Waals surface area contributed by atoms with Gasteiger partial charge in [0.15, 0.2) is 0 Å². The molecule has 2 unspecified atom stereocenters. The summed E-state index contributed by atoms with van der Waals surface area (Å²) >= 11 is 1.47. The van der Waals surface area contributed by atoms with Gasteiger partial charge in [0, 0.05) is 25.8 Å². The first-order valence-electron chi connectivity index (χ1n) is 7.78. The van der Waals surface area contributed by atoms with E-state index >= 15 is 0 Å². The summed E-state index contributed by atoms with van der Waals surface area (Å²) < 4.78 is 5.63. The molecule has 116 valence electrons. The van der Waals surface area contributed by atoms with Crippen LogP contribution in [0.5, 0.6) is 0 Å². The zero-order valence-electron chi connectivity index (χ0n) is 12.2. The topological polar surface area (TPSA) is 62.7 Å². The Balaban J connectivity index is 1.66. The number of carbonyl (C=O) groups excluding carboxylic acids is 1. The molecule has 6 heteroatoms. The van der Waals surface area contributed by atoms with Crippen molar-refractivity contribution in [1.82, 2.24) is 9.88 Å². The predicted octanol–water partition coefficient (Wildman–Crippen LogP) is 2.37. The lowest BCUT2D eigenvalue weighted by atomic mass is 10.1. The second kappa shape index (κ2) is 6.85. The van der Waals surface area contributed by atoms with Gasteiger partial charge in [-0.3, -0.25) is 4.79 Å². The van der Waals surface area contributed by atoms with E-state index in [1.807, 2.05) is 4.90 Å². The van der Waals surface area contributed by atoms with E-state index in [4.69, 9.17) is 9.84 Å². The van der Waals surface area contributed by atoms with E-state index in [9.17, 15) is 4.79 Å². The maximum absolute atomic E-state index is 12.6. The zero-order chi connectivity index (χ0) is 14.7. The molecule has 2 fully saturated rings. The van der Waals surface area contributed by atoms with Crippen molar-refractivity contribution in [2.24, 2.45) is 0 Å². The van der Waals surface area contributed by atoms with Crippen molar-refractivity contribution in [1.29, 1.82) is 0 Å². The molecule has 1 amide bonds. The Morgan fingerprint density at radius 2 is 2.38 bits per heavy atom. The third-order valence-electron chi connectivity index (χ3n) is 4.27. The van der Waals surface area contributed by atoms with Crippen molar-refractivity contribution >= 4 is 17.2 Å². The largest absolute Gasteiger partial charge is 0.396 e. The maximum atomic E-state index is 12.6. The Labute approximate surface area is 128 Å². The Bertz CT molecular complexity index is 485. The van der Waals surface area contributed by atoms with Gasteiger partial charge in [0.05, 0.1) is 6.20 Å². The quantitative estimate of drug-likeness (QED) is 0.907. The Kier molecular flexibility index (Phi) is 4.87. The molecule has 1 N–H and O–H groups in total. The van der Waals surface area contributed by atoms with Crippen LogP contribution in [0.25, 0.3) is 0 Å². The van der Waals surface area contributed by atoms with Crippen molar-refractivity contribution < 1.29 is 14.6 Å². The molecule has 2 aliphatic heterocycles. The number of amides is 1. The SMILES string of the molecule is O=C(c1cnc(C2CCCO2)s1)N1CCCC1CCCO. The third kappa shape index (κ3) is 3.27. The molecule has 1 aromatic heterocycles. The summed E-state index contributed by atoms with van der Waals surface area (Å²) in [7, 11) is 0. The van der Waals surface area contributed by atoms with Gasteiger partial charge >= 0.3 is 0 Å². The van der Waals surface area contributed by atoms with Crippen LogP contribution in [0.1, 0.15) is 59.3 Å². The van der Waals surface area contributed by atoms with Gasteiger partial charge in [-0.25, -0.2) is 4.98 Å². The van der Waals surface area contributed by atoms with Crippen LogP contribution in [-0.2, 0) is 4.74 Å². The van der Waals surface area contributed by atoms with Crippen LogP contribution in [0.15, 0.2) is 6.20 Å². The molecule has 0 aromatic carbocycles. The van der Waals surface area contributed by atoms with Gasteiger partial charge in [-0.05, 0) is 38.5 Å². The van der Waals surface area contributed by atoms with Crippen molar-refractivity contribution in [2.75, 3.05) is 19.8 Å². The summed E-state index contributed by atoms with van der Waals surface area (Å²) in [5.41, 5.74) is 0. The van der Waals surface area contributed by atoms with E-state index in [-0.39, 0.29) is 24.7 Å². The summed E-state index contributed by atoms with van der Waals surface area (Å²) in [6.45, 7) is 1.81. The highest BCUT2D eigenvalue weighted by atomic mass is 32.1. The second-order valence-electron chi connectivity index (χ2n) is 5.72. The normalized spacial score (nSPS) is 25.7. The van der Waals surface area contributed by atoms with Crippen LogP contribution in [0.3, 0.4) is 0 Å². The number of rotatable bonds is 5. The van der Waals surface area contributed by atoms with Gasteiger partial charge in [-0.2, -0.15) is 0 Å². The lowest BCUT2D eigenvalue weighted by Gasteiger charge is -2.23.